The Balaban J connectivity index is 2.19. The first-order valence-corrected chi connectivity index (χ1v) is 7.45. The minimum atomic E-state index is 0.178. The Bertz CT molecular complexity index is 486. The molecule has 0 bridgehead atoms. The number of amides is 1. The van der Waals surface area contributed by atoms with Crippen molar-refractivity contribution in [3.8, 4) is 0 Å². The zero-order chi connectivity index (χ0) is 14.9. The van der Waals surface area contributed by atoms with Gasteiger partial charge in [0, 0.05) is 38.4 Å². The number of nitrogens with zero attached hydrogens (tertiary/aromatic N) is 2. The standard InChI is InChI=1S/C17H26N2O/c1-12-8-13(2)11-19(10-12)17(20)15-6-7-16(18(4)5)14(3)9-15/h6-7,9,12-13H,8,10-11H2,1-5H3. The number of anilines is 1. The van der Waals surface area contributed by atoms with E-state index in [1.807, 2.05) is 37.2 Å². The fourth-order valence-electron chi connectivity index (χ4n) is 3.30. The number of carbonyl (C=O) groups excluding carboxylic acids is 1. The number of hydrogen-bond acceptors (Lipinski definition) is 2. The summed E-state index contributed by atoms with van der Waals surface area (Å²) in [5.74, 6) is 1.38. The second-order valence-electron chi connectivity index (χ2n) is 6.55. The molecule has 1 aromatic rings. The van der Waals surface area contributed by atoms with E-state index in [1.165, 1.54) is 12.1 Å². The summed E-state index contributed by atoms with van der Waals surface area (Å²) in [5, 5.41) is 0. The van der Waals surface area contributed by atoms with E-state index >= 15 is 0 Å². The van der Waals surface area contributed by atoms with Gasteiger partial charge >= 0.3 is 0 Å². The average Bonchev–Trinajstić information content (AvgIpc) is 2.36. The molecule has 3 nitrogen and oxygen atoms in total. The molecule has 1 aliphatic heterocycles. The molecule has 20 heavy (non-hydrogen) atoms. The summed E-state index contributed by atoms with van der Waals surface area (Å²) in [5.41, 5.74) is 3.13. The Morgan fingerprint density at radius 1 is 1.20 bits per heavy atom. The van der Waals surface area contributed by atoms with Crippen molar-refractivity contribution in [3.63, 3.8) is 0 Å². The van der Waals surface area contributed by atoms with Crippen LogP contribution in [0.15, 0.2) is 18.2 Å². The second kappa shape index (κ2) is 5.86. The monoisotopic (exact) mass is 274 g/mol. The summed E-state index contributed by atoms with van der Waals surface area (Å²) in [6.45, 7) is 8.30. The van der Waals surface area contributed by atoms with Gasteiger partial charge in [-0.2, -0.15) is 0 Å². The third kappa shape index (κ3) is 3.14. The Morgan fingerprint density at radius 2 is 1.80 bits per heavy atom. The minimum Gasteiger partial charge on any atom is -0.377 e. The lowest BCUT2D eigenvalue weighted by molar-refractivity contribution is 0.0623. The molecule has 1 saturated heterocycles. The molecule has 1 amide bonds. The van der Waals surface area contributed by atoms with Crippen LogP contribution in [0.5, 0.6) is 0 Å². The Kier molecular flexibility index (Phi) is 4.36. The van der Waals surface area contributed by atoms with Gasteiger partial charge in [-0.3, -0.25) is 4.79 Å². The van der Waals surface area contributed by atoms with E-state index in [0.717, 1.165) is 24.2 Å². The van der Waals surface area contributed by atoms with E-state index in [-0.39, 0.29) is 5.91 Å². The SMILES string of the molecule is Cc1cc(C(=O)N2CC(C)CC(C)C2)ccc1N(C)C. The number of aryl methyl sites for hydroxylation is 1. The molecule has 1 fully saturated rings. The van der Waals surface area contributed by atoms with Gasteiger partial charge in [-0.05, 0) is 48.9 Å². The Hall–Kier alpha value is -1.51. The Morgan fingerprint density at radius 3 is 2.30 bits per heavy atom. The van der Waals surface area contributed by atoms with Crippen LogP contribution < -0.4 is 4.90 Å². The number of benzene rings is 1. The highest BCUT2D eigenvalue weighted by Crippen LogP contribution is 2.24. The lowest BCUT2D eigenvalue weighted by Gasteiger charge is -2.35. The van der Waals surface area contributed by atoms with Crippen LogP contribution in [0.2, 0.25) is 0 Å². The fourth-order valence-corrected chi connectivity index (χ4v) is 3.30. The molecule has 0 aromatic heterocycles. The van der Waals surface area contributed by atoms with E-state index in [2.05, 4.69) is 25.7 Å². The third-order valence-corrected chi connectivity index (χ3v) is 4.08. The van der Waals surface area contributed by atoms with Crippen molar-refractivity contribution >= 4 is 11.6 Å². The summed E-state index contributed by atoms with van der Waals surface area (Å²) in [7, 11) is 4.05. The first-order valence-electron chi connectivity index (χ1n) is 7.45. The van der Waals surface area contributed by atoms with Crippen molar-refractivity contribution in [3.05, 3.63) is 29.3 Å². The fraction of sp³-hybridized carbons (Fsp3) is 0.588. The van der Waals surface area contributed by atoms with Crippen molar-refractivity contribution in [2.45, 2.75) is 27.2 Å². The largest absolute Gasteiger partial charge is 0.377 e. The summed E-state index contributed by atoms with van der Waals surface area (Å²) in [6.07, 6.45) is 1.22. The predicted molar refractivity (Wildman–Crippen MR) is 84.4 cm³/mol. The van der Waals surface area contributed by atoms with Gasteiger partial charge < -0.3 is 9.80 Å². The Labute approximate surface area is 122 Å². The zero-order valence-electron chi connectivity index (χ0n) is 13.3. The van der Waals surface area contributed by atoms with Crippen LogP contribution in [0.1, 0.15) is 36.2 Å². The number of likely N-dealkylation sites (tertiary alicyclic amines) is 1. The predicted octanol–water partition coefficient (Wildman–Crippen LogP) is 3.18. The van der Waals surface area contributed by atoms with E-state index in [1.54, 1.807) is 0 Å². The molecule has 1 aromatic carbocycles. The molecule has 110 valence electrons. The molecule has 0 aliphatic carbocycles. The maximum atomic E-state index is 12.6. The number of piperidine rings is 1. The number of rotatable bonds is 2. The van der Waals surface area contributed by atoms with Crippen molar-refractivity contribution < 1.29 is 4.79 Å². The van der Waals surface area contributed by atoms with E-state index < -0.39 is 0 Å². The van der Waals surface area contributed by atoms with Gasteiger partial charge in [0.05, 0.1) is 0 Å². The molecular weight excluding hydrogens is 248 g/mol. The number of hydrogen-bond donors (Lipinski definition) is 0. The van der Waals surface area contributed by atoms with E-state index in [9.17, 15) is 4.79 Å². The summed E-state index contributed by atoms with van der Waals surface area (Å²) < 4.78 is 0. The van der Waals surface area contributed by atoms with Crippen LogP contribution in [0.3, 0.4) is 0 Å². The van der Waals surface area contributed by atoms with Crippen molar-refractivity contribution in [1.82, 2.24) is 4.90 Å². The van der Waals surface area contributed by atoms with Crippen LogP contribution in [0.25, 0.3) is 0 Å². The molecule has 0 saturated carbocycles. The first-order chi connectivity index (χ1) is 9.38. The maximum Gasteiger partial charge on any atom is 0.253 e. The quantitative estimate of drug-likeness (QED) is 0.827. The number of carbonyl (C=O) groups is 1. The maximum absolute atomic E-state index is 12.6. The van der Waals surface area contributed by atoms with Gasteiger partial charge in [-0.25, -0.2) is 0 Å². The summed E-state index contributed by atoms with van der Waals surface area (Å²) >= 11 is 0. The summed E-state index contributed by atoms with van der Waals surface area (Å²) in [4.78, 5) is 16.7. The van der Waals surface area contributed by atoms with Crippen molar-refractivity contribution in [2.24, 2.45) is 11.8 Å². The van der Waals surface area contributed by atoms with Crippen LogP contribution in [-0.2, 0) is 0 Å². The molecule has 2 rings (SSSR count). The third-order valence-electron chi connectivity index (χ3n) is 4.08. The van der Waals surface area contributed by atoms with Gasteiger partial charge in [0.15, 0.2) is 0 Å². The molecule has 0 N–H and O–H groups in total. The van der Waals surface area contributed by atoms with Crippen LogP contribution >= 0.6 is 0 Å². The normalized spacial score (nSPS) is 22.8. The first kappa shape index (κ1) is 14.9. The molecule has 0 spiro atoms. The molecule has 2 unspecified atom stereocenters. The lowest BCUT2D eigenvalue weighted by Crippen LogP contribution is -2.42. The van der Waals surface area contributed by atoms with Crippen molar-refractivity contribution in [1.29, 1.82) is 0 Å². The van der Waals surface area contributed by atoms with Gasteiger partial charge in [0.25, 0.3) is 5.91 Å². The second-order valence-corrected chi connectivity index (χ2v) is 6.55. The van der Waals surface area contributed by atoms with Crippen LogP contribution in [0, 0.1) is 18.8 Å². The van der Waals surface area contributed by atoms with Gasteiger partial charge in [-0.15, -0.1) is 0 Å². The highest BCUT2D eigenvalue weighted by Gasteiger charge is 2.26. The van der Waals surface area contributed by atoms with Gasteiger partial charge in [0.2, 0.25) is 0 Å². The zero-order valence-corrected chi connectivity index (χ0v) is 13.3. The van der Waals surface area contributed by atoms with E-state index in [4.69, 9.17) is 0 Å². The summed E-state index contributed by atoms with van der Waals surface area (Å²) in [6, 6.07) is 6.01. The molecule has 1 heterocycles. The highest BCUT2D eigenvalue weighted by atomic mass is 16.2. The van der Waals surface area contributed by atoms with Crippen LogP contribution in [0.4, 0.5) is 5.69 Å². The minimum absolute atomic E-state index is 0.178. The topological polar surface area (TPSA) is 23.6 Å². The highest BCUT2D eigenvalue weighted by molar-refractivity contribution is 5.95. The molecule has 1 aliphatic rings. The molecule has 0 radical (unpaired) electrons. The molecular formula is C17H26N2O. The lowest BCUT2D eigenvalue weighted by atomic mass is 9.91. The average molecular weight is 274 g/mol. The molecule has 3 heteroatoms. The van der Waals surface area contributed by atoms with Crippen LogP contribution in [-0.4, -0.2) is 38.0 Å². The van der Waals surface area contributed by atoms with Crippen molar-refractivity contribution in [2.75, 3.05) is 32.1 Å². The van der Waals surface area contributed by atoms with Gasteiger partial charge in [-0.1, -0.05) is 13.8 Å². The smallest absolute Gasteiger partial charge is 0.253 e. The van der Waals surface area contributed by atoms with Gasteiger partial charge in [0.1, 0.15) is 0 Å². The molecule has 2 atom stereocenters. The van der Waals surface area contributed by atoms with E-state index in [0.29, 0.717) is 11.8 Å².